The molecule has 1 unspecified atom stereocenters. The number of nitrogens with one attached hydrogen (secondary N) is 1. The van der Waals surface area contributed by atoms with Crippen LogP contribution in [0.4, 0.5) is 5.69 Å². The molecule has 3 aromatic rings. The monoisotopic (exact) mass is 619 g/mol. The van der Waals surface area contributed by atoms with Gasteiger partial charge in [0.1, 0.15) is 25.8 Å². The quantitative estimate of drug-likeness (QED) is 0.327. The van der Waals surface area contributed by atoms with Crippen molar-refractivity contribution in [1.82, 2.24) is 10.2 Å². The number of ether oxygens (including phenoxy) is 2. The van der Waals surface area contributed by atoms with Crippen molar-refractivity contribution in [3.63, 3.8) is 0 Å². The summed E-state index contributed by atoms with van der Waals surface area (Å²) in [5.74, 6) is -0.152. The molecule has 3 aromatic carbocycles. The summed E-state index contributed by atoms with van der Waals surface area (Å²) in [7, 11) is -4.22. The first kappa shape index (κ1) is 30.5. The standard InChI is InChI=1S/C29H31Cl2N3O6S/c1-3-25(29(36)32-4-2)33(18-22-23(30)11-8-12-24(22)31)28(35)19-34(41(37,38)21-9-6-5-7-10-21)20-13-14-26-27(17-20)40-16-15-39-26/h5-14,17,25H,3-4,15-16,18-19H2,1-2H3,(H,32,36). The van der Waals surface area contributed by atoms with E-state index in [-0.39, 0.29) is 29.5 Å². The van der Waals surface area contributed by atoms with Crippen molar-refractivity contribution in [3.8, 4) is 11.5 Å². The molecule has 2 amide bonds. The maximum atomic E-state index is 14.1. The summed E-state index contributed by atoms with van der Waals surface area (Å²) < 4.78 is 40.2. The number of fused-ring (bicyclic) bond motifs is 1. The average Bonchev–Trinajstić information content (AvgIpc) is 2.97. The predicted octanol–water partition coefficient (Wildman–Crippen LogP) is 4.90. The lowest BCUT2D eigenvalue weighted by Crippen LogP contribution is -2.52. The van der Waals surface area contributed by atoms with Crippen molar-refractivity contribution in [2.75, 3.05) is 30.6 Å². The van der Waals surface area contributed by atoms with Crippen LogP contribution in [0.25, 0.3) is 0 Å². The third kappa shape index (κ3) is 6.89. The number of carbonyl (C=O) groups is 2. The van der Waals surface area contributed by atoms with E-state index in [0.29, 0.717) is 46.9 Å². The Bertz CT molecular complexity index is 1480. The van der Waals surface area contributed by atoms with E-state index >= 15 is 0 Å². The molecule has 0 radical (unpaired) electrons. The van der Waals surface area contributed by atoms with Gasteiger partial charge in [0.15, 0.2) is 11.5 Å². The number of hydrogen-bond donors (Lipinski definition) is 1. The summed E-state index contributed by atoms with van der Waals surface area (Å²) in [5.41, 5.74) is 0.650. The number of likely N-dealkylation sites (N-methyl/N-ethyl adjacent to an activating group) is 1. The van der Waals surface area contributed by atoms with Gasteiger partial charge in [-0.2, -0.15) is 0 Å². The van der Waals surface area contributed by atoms with Gasteiger partial charge < -0.3 is 19.7 Å². The van der Waals surface area contributed by atoms with E-state index in [0.717, 1.165) is 4.31 Å². The van der Waals surface area contributed by atoms with Crippen LogP contribution in [0.5, 0.6) is 11.5 Å². The highest BCUT2D eigenvalue weighted by atomic mass is 35.5. The second-order valence-electron chi connectivity index (χ2n) is 9.19. The van der Waals surface area contributed by atoms with Crippen molar-refractivity contribution in [2.45, 2.75) is 37.8 Å². The first-order chi connectivity index (χ1) is 19.7. The summed E-state index contributed by atoms with van der Waals surface area (Å²) in [5, 5.41) is 3.40. The SMILES string of the molecule is CCNC(=O)C(CC)N(Cc1c(Cl)cccc1Cl)C(=O)CN(c1ccc2c(c1)OCCO2)S(=O)(=O)c1ccccc1. The largest absolute Gasteiger partial charge is 0.486 e. The molecular formula is C29H31Cl2N3O6S. The Hall–Kier alpha value is -3.47. The van der Waals surface area contributed by atoms with Crippen molar-refractivity contribution in [3.05, 3.63) is 82.3 Å². The number of rotatable bonds is 11. The Morgan fingerprint density at radius 3 is 2.22 bits per heavy atom. The van der Waals surface area contributed by atoms with Crippen LogP contribution in [0.3, 0.4) is 0 Å². The van der Waals surface area contributed by atoms with Crippen LogP contribution in [-0.2, 0) is 26.2 Å². The smallest absolute Gasteiger partial charge is 0.264 e. The Labute approximate surface area is 250 Å². The van der Waals surface area contributed by atoms with E-state index in [1.54, 1.807) is 62.4 Å². The van der Waals surface area contributed by atoms with Gasteiger partial charge in [-0.25, -0.2) is 8.42 Å². The summed E-state index contributed by atoms with van der Waals surface area (Å²) in [6.07, 6.45) is 0.273. The molecule has 1 heterocycles. The topological polar surface area (TPSA) is 105 Å². The molecule has 0 saturated carbocycles. The zero-order chi connectivity index (χ0) is 29.6. The van der Waals surface area contributed by atoms with Gasteiger partial charge in [-0.05, 0) is 49.7 Å². The molecule has 1 N–H and O–H groups in total. The highest BCUT2D eigenvalue weighted by Gasteiger charge is 2.34. The van der Waals surface area contributed by atoms with E-state index in [9.17, 15) is 18.0 Å². The molecule has 4 rings (SSSR count). The normalized spacial score (nSPS) is 13.3. The minimum atomic E-state index is -4.22. The van der Waals surface area contributed by atoms with Crippen LogP contribution in [0.2, 0.25) is 10.0 Å². The minimum absolute atomic E-state index is 0.000783. The summed E-state index contributed by atoms with van der Waals surface area (Å²) >= 11 is 12.9. The molecule has 0 bridgehead atoms. The molecule has 41 heavy (non-hydrogen) atoms. The van der Waals surface area contributed by atoms with Gasteiger partial charge >= 0.3 is 0 Å². The number of hydrogen-bond acceptors (Lipinski definition) is 6. The number of nitrogens with zero attached hydrogens (tertiary/aromatic N) is 2. The zero-order valence-corrected chi connectivity index (χ0v) is 25.0. The molecule has 12 heteroatoms. The van der Waals surface area contributed by atoms with E-state index in [1.807, 2.05) is 0 Å². The molecule has 0 aromatic heterocycles. The highest BCUT2D eigenvalue weighted by Crippen LogP contribution is 2.36. The molecule has 1 aliphatic rings. The Morgan fingerprint density at radius 2 is 1.59 bits per heavy atom. The molecule has 218 valence electrons. The van der Waals surface area contributed by atoms with Gasteiger partial charge in [-0.15, -0.1) is 0 Å². The number of benzene rings is 3. The van der Waals surface area contributed by atoms with Crippen molar-refractivity contribution < 1.29 is 27.5 Å². The van der Waals surface area contributed by atoms with Gasteiger partial charge in [-0.1, -0.05) is 54.4 Å². The molecule has 0 fully saturated rings. The van der Waals surface area contributed by atoms with E-state index in [2.05, 4.69) is 5.32 Å². The maximum absolute atomic E-state index is 14.1. The molecule has 9 nitrogen and oxygen atoms in total. The van der Waals surface area contributed by atoms with Gasteiger partial charge in [-0.3, -0.25) is 13.9 Å². The van der Waals surface area contributed by atoms with Crippen LogP contribution in [0.15, 0.2) is 71.6 Å². The molecule has 0 aliphatic carbocycles. The van der Waals surface area contributed by atoms with Crippen molar-refractivity contribution in [1.29, 1.82) is 0 Å². The third-order valence-corrected chi connectivity index (χ3v) is 9.05. The fraction of sp³-hybridized carbons (Fsp3) is 0.310. The number of sulfonamides is 1. The first-order valence-electron chi connectivity index (χ1n) is 13.1. The molecular weight excluding hydrogens is 589 g/mol. The lowest BCUT2D eigenvalue weighted by atomic mass is 10.1. The van der Waals surface area contributed by atoms with Crippen LogP contribution in [-0.4, -0.2) is 57.5 Å². The predicted molar refractivity (Wildman–Crippen MR) is 158 cm³/mol. The summed E-state index contributed by atoms with van der Waals surface area (Å²) in [4.78, 5) is 28.5. The second-order valence-corrected chi connectivity index (χ2v) is 11.9. The highest BCUT2D eigenvalue weighted by molar-refractivity contribution is 7.92. The van der Waals surface area contributed by atoms with Crippen LogP contribution in [0.1, 0.15) is 25.8 Å². The number of halogens is 2. The number of amides is 2. The fourth-order valence-corrected chi connectivity index (χ4v) is 6.44. The lowest BCUT2D eigenvalue weighted by molar-refractivity contribution is -0.140. The van der Waals surface area contributed by atoms with Crippen molar-refractivity contribution in [2.24, 2.45) is 0 Å². The van der Waals surface area contributed by atoms with Crippen LogP contribution < -0.4 is 19.1 Å². The molecule has 1 atom stereocenters. The Morgan fingerprint density at radius 1 is 0.927 bits per heavy atom. The van der Waals surface area contributed by atoms with Gasteiger partial charge in [0.25, 0.3) is 10.0 Å². The Kier molecular flexibility index (Phi) is 10.0. The number of carbonyl (C=O) groups excluding carboxylic acids is 2. The van der Waals surface area contributed by atoms with E-state index in [1.165, 1.54) is 23.1 Å². The summed E-state index contributed by atoms with van der Waals surface area (Å²) in [6, 6.07) is 16.5. The van der Waals surface area contributed by atoms with Gasteiger partial charge in [0.2, 0.25) is 11.8 Å². The van der Waals surface area contributed by atoms with Gasteiger partial charge in [0.05, 0.1) is 10.6 Å². The molecule has 0 saturated heterocycles. The Balaban J connectivity index is 1.78. The van der Waals surface area contributed by atoms with Crippen molar-refractivity contribution >= 4 is 50.7 Å². The van der Waals surface area contributed by atoms with Crippen LogP contribution in [0, 0.1) is 0 Å². The number of anilines is 1. The first-order valence-corrected chi connectivity index (χ1v) is 15.3. The zero-order valence-electron chi connectivity index (χ0n) is 22.7. The molecule has 0 spiro atoms. The van der Waals surface area contributed by atoms with Crippen LogP contribution >= 0.6 is 23.2 Å². The second kappa shape index (κ2) is 13.5. The summed E-state index contributed by atoms with van der Waals surface area (Å²) in [6.45, 7) is 3.87. The fourth-order valence-electron chi connectivity index (χ4n) is 4.50. The maximum Gasteiger partial charge on any atom is 0.264 e. The lowest BCUT2D eigenvalue weighted by Gasteiger charge is -2.33. The minimum Gasteiger partial charge on any atom is -0.486 e. The van der Waals surface area contributed by atoms with Gasteiger partial charge in [0, 0.05) is 34.8 Å². The van der Waals surface area contributed by atoms with E-state index in [4.69, 9.17) is 32.7 Å². The average molecular weight is 621 g/mol. The van der Waals surface area contributed by atoms with E-state index < -0.39 is 28.5 Å². The third-order valence-electron chi connectivity index (χ3n) is 6.55. The molecule has 1 aliphatic heterocycles.